The van der Waals surface area contributed by atoms with Crippen molar-refractivity contribution in [2.45, 2.75) is 25.9 Å². The van der Waals surface area contributed by atoms with Crippen LogP contribution in [0, 0.1) is 0 Å². The van der Waals surface area contributed by atoms with E-state index in [9.17, 15) is 14.4 Å². The second-order valence-electron chi connectivity index (χ2n) is 2.67. The van der Waals surface area contributed by atoms with Crippen molar-refractivity contribution in [2.24, 2.45) is 0 Å². The summed E-state index contributed by atoms with van der Waals surface area (Å²) in [7, 11) is -4.35. The van der Waals surface area contributed by atoms with E-state index in [1.165, 1.54) is 20.8 Å². The summed E-state index contributed by atoms with van der Waals surface area (Å²) in [5.41, 5.74) is 0. The van der Waals surface area contributed by atoms with Crippen LogP contribution in [0.3, 0.4) is 0 Å². The summed E-state index contributed by atoms with van der Waals surface area (Å²) in [6.07, 6.45) is 0. The molecule has 0 aliphatic rings. The van der Waals surface area contributed by atoms with Crippen LogP contribution >= 0.6 is 7.60 Å². The standard InChI is InChI=1S/C4H11O3P.2Na/c1-4(2,3)8(5,6)7;;/h1-3H3,(H2,5,6,7);;/q;2*+1/p-2. The maximum Gasteiger partial charge on any atom is 1.00 e. The first-order valence-corrected chi connectivity index (χ1v) is 3.81. The van der Waals surface area contributed by atoms with Crippen LogP contribution in [0.15, 0.2) is 0 Å². The van der Waals surface area contributed by atoms with Crippen LogP contribution in [0.4, 0.5) is 0 Å². The molecule has 6 heteroatoms. The van der Waals surface area contributed by atoms with E-state index < -0.39 is 12.8 Å². The monoisotopic (exact) mass is 182 g/mol. The Hall–Kier alpha value is 2.15. The van der Waals surface area contributed by atoms with Gasteiger partial charge in [-0.1, -0.05) is 28.4 Å². The van der Waals surface area contributed by atoms with Gasteiger partial charge in [0.2, 0.25) is 0 Å². The van der Waals surface area contributed by atoms with Gasteiger partial charge in [0.1, 0.15) is 0 Å². The minimum absolute atomic E-state index is 0. The smallest absolute Gasteiger partial charge is 0.810 e. The molecule has 0 saturated carbocycles. The van der Waals surface area contributed by atoms with Gasteiger partial charge in [0, 0.05) is 0 Å². The van der Waals surface area contributed by atoms with Gasteiger partial charge in [-0.15, -0.1) is 0 Å². The van der Waals surface area contributed by atoms with Crippen LogP contribution < -0.4 is 68.9 Å². The van der Waals surface area contributed by atoms with E-state index >= 15 is 0 Å². The molecule has 0 aromatic rings. The topological polar surface area (TPSA) is 63.2 Å². The van der Waals surface area contributed by atoms with Crippen molar-refractivity contribution >= 4 is 7.60 Å². The van der Waals surface area contributed by atoms with Gasteiger partial charge in [-0.2, -0.15) is 0 Å². The zero-order valence-electron chi connectivity index (χ0n) is 7.17. The molecule has 10 heavy (non-hydrogen) atoms. The Morgan fingerprint density at radius 1 is 1.10 bits per heavy atom. The summed E-state index contributed by atoms with van der Waals surface area (Å²) in [6, 6.07) is 0. The minimum Gasteiger partial charge on any atom is -0.810 e. The third-order valence-electron chi connectivity index (χ3n) is 0.822. The van der Waals surface area contributed by atoms with E-state index in [2.05, 4.69) is 0 Å². The summed E-state index contributed by atoms with van der Waals surface area (Å²) < 4.78 is 10.1. The van der Waals surface area contributed by atoms with Gasteiger partial charge in [-0.25, -0.2) is 0 Å². The maximum atomic E-state index is 10.1. The molecule has 0 amide bonds. The molecule has 0 N–H and O–H groups in total. The molecule has 3 nitrogen and oxygen atoms in total. The molecule has 0 atom stereocenters. The Morgan fingerprint density at radius 2 is 1.20 bits per heavy atom. The Balaban J connectivity index is -0.000000245. The van der Waals surface area contributed by atoms with Crippen LogP contribution in [-0.4, -0.2) is 5.16 Å². The summed E-state index contributed by atoms with van der Waals surface area (Å²) in [5, 5.41) is -1.12. The van der Waals surface area contributed by atoms with Gasteiger partial charge in [0.25, 0.3) is 0 Å². The number of hydrogen-bond donors (Lipinski definition) is 0. The van der Waals surface area contributed by atoms with E-state index in [-0.39, 0.29) is 59.1 Å². The molecular formula is C4H9Na2O3P. The molecule has 0 heterocycles. The maximum absolute atomic E-state index is 10.1. The first kappa shape index (κ1) is 18.0. The third kappa shape index (κ3) is 6.84. The molecular weight excluding hydrogens is 173 g/mol. The summed E-state index contributed by atoms with van der Waals surface area (Å²) in [4.78, 5) is 20.2. The van der Waals surface area contributed by atoms with Crippen molar-refractivity contribution in [1.29, 1.82) is 0 Å². The van der Waals surface area contributed by atoms with E-state index in [1.807, 2.05) is 0 Å². The Kier molecular flexibility index (Phi) is 10.4. The Bertz CT molecular complexity index is 125. The van der Waals surface area contributed by atoms with Crippen LogP contribution in [0.5, 0.6) is 0 Å². The van der Waals surface area contributed by atoms with Crippen molar-refractivity contribution in [3.8, 4) is 0 Å². The van der Waals surface area contributed by atoms with E-state index in [4.69, 9.17) is 0 Å². The van der Waals surface area contributed by atoms with Crippen molar-refractivity contribution in [3.05, 3.63) is 0 Å². The van der Waals surface area contributed by atoms with Gasteiger partial charge in [0.05, 0.1) is 0 Å². The van der Waals surface area contributed by atoms with Crippen molar-refractivity contribution in [1.82, 2.24) is 0 Å². The first-order valence-electron chi connectivity index (χ1n) is 2.27. The Labute approximate surface area is 106 Å². The summed E-state index contributed by atoms with van der Waals surface area (Å²) in [6.45, 7) is 4.15. The predicted octanol–water partition coefficient (Wildman–Crippen LogP) is -6.29. The van der Waals surface area contributed by atoms with Crippen molar-refractivity contribution in [3.63, 3.8) is 0 Å². The molecule has 0 rings (SSSR count). The zero-order chi connectivity index (χ0) is 7.00. The molecule has 0 unspecified atom stereocenters. The molecule has 0 aliphatic carbocycles. The average molecular weight is 182 g/mol. The van der Waals surface area contributed by atoms with E-state index in [0.29, 0.717) is 0 Å². The average Bonchev–Trinajstić information content (AvgIpc) is 1.25. The molecule has 0 aromatic heterocycles. The molecule has 0 fully saturated rings. The van der Waals surface area contributed by atoms with Crippen LogP contribution in [-0.2, 0) is 4.57 Å². The molecule has 0 saturated heterocycles. The summed E-state index contributed by atoms with van der Waals surface area (Å²) in [5.74, 6) is 0. The second kappa shape index (κ2) is 5.74. The number of hydrogen-bond acceptors (Lipinski definition) is 3. The fraction of sp³-hybridized carbons (Fsp3) is 1.00. The van der Waals surface area contributed by atoms with Crippen LogP contribution in [0.1, 0.15) is 20.8 Å². The second-order valence-corrected chi connectivity index (χ2v) is 5.00. The van der Waals surface area contributed by atoms with Crippen LogP contribution in [0.2, 0.25) is 0 Å². The van der Waals surface area contributed by atoms with Crippen molar-refractivity contribution < 1.29 is 73.5 Å². The third-order valence-corrected chi connectivity index (χ3v) is 2.46. The molecule has 0 radical (unpaired) electrons. The largest absolute Gasteiger partial charge is 1.00 e. The van der Waals surface area contributed by atoms with Gasteiger partial charge < -0.3 is 14.4 Å². The van der Waals surface area contributed by atoms with E-state index in [0.717, 1.165) is 0 Å². The van der Waals surface area contributed by atoms with E-state index in [1.54, 1.807) is 0 Å². The fourth-order valence-corrected chi connectivity index (χ4v) is 0. The molecule has 0 aliphatic heterocycles. The minimum atomic E-state index is -4.35. The van der Waals surface area contributed by atoms with Crippen LogP contribution in [0.25, 0.3) is 0 Å². The molecule has 0 spiro atoms. The fourth-order valence-electron chi connectivity index (χ4n) is 0. The Morgan fingerprint density at radius 3 is 1.20 bits per heavy atom. The SMILES string of the molecule is CC(C)(C)P(=O)([O-])[O-].[Na+].[Na+]. The molecule has 0 aromatic carbocycles. The molecule has 50 valence electrons. The van der Waals surface area contributed by atoms with Crippen molar-refractivity contribution in [2.75, 3.05) is 0 Å². The molecule has 0 bridgehead atoms. The number of rotatable bonds is 0. The first-order chi connectivity index (χ1) is 3.25. The van der Waals surface area contributed by atoms with Gasteiger partial charge >= 0.3 is 59.1 Å². The van der Waals surface area contributed by atoms with Gasteiger partial charge in [-0.05, 0) is 5.16 Å². The quantitative estimate of drug-likeness (QED) is 0.276. The zero-order valence-corrected chi connectivity index (χ0v) is 12.1. The van der Waals surface area contributed by atoms with Gasteiger partial charge in [0.15, 0.2) is 0 Å². The predicted molar refractivity (Wildman–Crippen MR) is 27.4 cm³/mol. The van der Waals surface area contributed by atoms with Gasteiger partial charge in [-0.3, -0.25) is 0 Å². The normalized spacial score (nSPS) is 11.3. The summed E-state index contributed by atoms with van der Waals surface area (Å²) >= 11 is 0.